The average Bonchev–Trinajstić information content (AvgIpc) is 2.88. The lowest BCUT2D eigenvalue weighted by Crippen LogP contribution is -2.41. The van der Waals surface area contributed by atoms with E-state index in [9.17, 15) is 21.6 Å². The second-order valence-corrected chi connectivity index (χ2v) is 6.89. The van der Waals surface area contributed by atoms with E-state index < -0.39 is 22.1 Å². The van der Waals surface area contributed by atoms with Crippen LogP contribution in [0.3, 0.4) is 0 Å². The summed E-state index contributed by atoms with van der Waals surface area (Å²) in [7, 11) is -3.79. The average molecular weight is 326 g/mol. The molecule has 1 aliphatic heterocycles. The van der Waals surface area contributed by atoms with E-state index in [1.54, 1.807) is 0 Å². The smallest absolute Gasteiger partial charge is 0.329 e. The Hall–Kier alpha value is -1.13. The number of piperidine rings is 1. The van der Waals surface area contributed by atoms with Crippen LogP contribution in [0.2, 0.25) is 0 Å². The fourth-order valence-electron chi connectivity index (χ4n) is 2.30. The van der Waals surface area contributed by atoms with Crippen molar-refractivity contribution in [1.29, 1.82) is 0 Å². The highest BCUT2D eigenvalue weighted by Gasteiger charge is 2.43. The van der Waals surface area contributed by atoms with Gasteiger partial charge in [-0.15, -0.1) is 0 Å². The maximum Gasteiger partial charge on any atom is 0.391 e. The predicted octanol–water partition coefficient (Wildman–Crippen LogP) is 0.805. The Kier molecular flexibility index (Phi) is 4.59. The molecule has 120 valence electrons. The van der Waals surface area contributed by atoms with Crippen LogP contribution in [-0.2, 0) is 16.6 Å². The number of rotatable bonds is 4. The van der Waals surface area contributed by atoms with E-state index in [2.05, 4.69) is 5.10 Å². The van der Waals surface area contributed by atoms with Crippen LogP contribution in [-0.4, -0.2) is 48.3 Å². The van der Waals surface area contributed by atoms with Gasteiger partial charge in [0.05, 0.1) is 18.7 Å². The molecule has 2 N–H and O–H groups in total. The third-order valence-electron chi connectivity index (χ3n) is 3.52. The summed E-state index contributed by atoms with van der Waals surface area (Å²) >= 11 is 0. The lowest BCUT2D eigenvalue weighted by Gasteiger charge is -2.31. The third-order valence-corrected chi connectivity index (χ3v) is 5.37. The van der Waals surface area contributed by atoms with E-state index in [1.165, 1.54) is 17.1 Å². The Morgan fingerprint density at radius 3 is 2.48 bits per heavy atom. The van der Waals surface area contributed by atoms with E-state index >= 15 is 0 Å². The summed E-state index contributed by atoms with van der Waals surface area (Å²) in [5.74, 6) is -1.43. The molecule has 0 amide bonds. The van der Waals surface area contributed by atoms with Gasteiger partial charge in [-0.05, 0) is 12.8 Å². The van der Waals surface area contributed by atoms with Gasteiger partial charge in [-0.1, -0.05) is 0 Å². The van der Waals surface area contributed by atoms with Gasteiger partial charge in [0, 0.05) is 25.8 Å². The van der Waals surface area contributed by atoms with E-state index in [0.29, 0.717) is 13.1 Å². The predicted molar refractivity (Wildman–Crippen MR) is 68.8 cm³/mol. The maximum atomic E-state index is 12.6. The molecule has 6 nitrogen and oxygen atoms in total. The van der Waals surface area contributed by atoms with Crippen molar-refractivity contribution in [3.63, 3.8) is 0 Å². The highest BCUT2D eigenvalue weighted by atomic mass is 32.2. The lowest BCUT2D eigenvalue weighted by atomic mass is 9.98. The molecule has 0 atom stereocenters. The Morgan fingerprint density at radius 2 is 1.95 bits per heavy atom. The normalized spacial score (nSPS) is 19.0. The van der Waals surface area contributed by atoms with Crippen molar-refractivity contribution in [3.8, 4) is 0 Å². The summed E-state index contributed by atoms with van der Waals surface area (Å²) in [6.07, 6.45) is -2.14. The standard InChI is InChI=1S/C11H17F3N4O2S/c12-11(13,14)9-1-4-18(5-2-9)21(19,20)10-7-16-17(8-10)6-3-15/h7-9H,1-6,15H2. The fourth-order valence-corrected chi connectivity index (χ4v) is 3.73. The van der Waals surface area contributed by atoms with Gasteiger partial charge in [-0.2, -0.15) is 22.6 Å². The first-order valence-corrected chi connectivity index (χ1v) is 7.98. The van der Waals surface area contributed by atoms with Gasteiger partial charge in [-0.3, -0.25) is 4.68 Å². The molecule has 1 aromatic heterocycles. The minimum atomic E-state index is -4.26. The van der Waals surface area contributed by atoms with E-state index in [0.717, 1.165) is 4.31 Å². The van der Waals surface area contributed by atoms with Crippen LogP contribution in [0.1, 0.15) is 12.8 Å². The summed E-state index contributed by atoms with van der Waals surface area (Å²) in [5.41, 5.74) is 5.35. The van der Waals surface area contributed by atoms with Gasteiger partial charge in [0.1, 0.15) is 4.90 Å². The Balaban J connectivity index is 2.07. The van der Waals surface area contributed by atoms with Crippen molar-refractivity contribution >= 4 is 10.0 Å². The minimum Gasteiger partial charge on any atom is -0.329 e. The zero-order chi connectivity index (χ0) is 15.7. The molecule has 2 heterocycles. The molecule has 0 aromatic carbocycles. The second-order valence-electron chi connectivity index (χ2n) is 4.95. The first kappa shape index (κ1) is 16.2. The van der Waals surface area contributed by atoms with Gasteiger partial charge in [0.25, 0.3) is 0 Å². The molecule has 0 aliphatic carbocycles. The molecule has 0 unspecified atom stereocenters. The number of sulfonamides is 1. The molecular formula is C11H17F3N4O2S. The molecule has 0 saturated carbocycles. The molecule has 10 heteroatoms. The molecular weight excluding hydrogens is 309 g/mol. The van der Waals surface area contributed by atoms with E-state index in [1.807, 2.05) is 0 Å². The van der Waals surface area contributed by atoms with Crippen molar-refractivity contribution < 1.29 is 21.6 Å². The number of hydrogen-bond acceptors (Lipinski definition) is 4. The number of hydrogen-bond donors (Lipinski definition) is 1. The number of aromatic nitrogens is 2. The Labute approximate surface area is 120 Å². The highest BCUT2D eigenvalue weighted by Crippen LogP contribution is 2.35. The summed E-state index contributed by atoms with van der Waals surface area (Å²) in [5, 5.41) is 3.87. The summed E-state index contributed by atoms with van der Waals surface area (Å²) in [6, 6.07) is 0. The third kappa shape index (κ3) is 3.55. The maximum absolute atomic E-state index is 12.6. The van der Waals surface area contributed by atoms with Crippen LogP contribution < -0.4 is 5.73 Å². The monoisotopic (exact) mass is 326 g/mol. The summed E-state index contributed by atoms with van der Waals surface area (Å²) in [4.78, 5) is -0.0126. The van der Waals surface area contributed by atoms with Crippen LogP contribution in [0.25, 0.3) is 0 Å². The number of halogens is 3. The second kappa shape index (κ2) is 5.93. The summed E-state index contributed by atoms with van der Waals surface area (Å²) in [6.45, 7) is 0.437. The first-order valence-electron chi connectivity index (χ1n) is 6.54. The van der Waals surface area contributed by atoms with Gasteiger partial charge in [-0.25, -0.2) is 8.42 Å². The van der Waals surface area contributed by atoms with Crippen LogP contribution >= 0.6 is 0 Å². The van der Waals surface area contributed by atoms with Crippen molar-refractivity contribution in [2.75, 3.05) is 19.6 Å². The highest BCUT2D eigenvalue weighted by molar-refractivity contribution is 7.89. The van der Waals surface area contributed by atoms with E-state index in [-0.39, 0.29) is 30.8 Å². The lowest BCUT2D eigenvalue weighted by molar-refractivity contribution is -0.182. The molecule has 1 aliphatic rings. The molecule has 21 heavy (non-hydrogen) atoms. The SMILES string of the molecule is NCCn1cc(S(=O)(=O)N2CCC(C(F)(F)F)CC2)cn1. The van der Waals surface area contributed by atoms with Crippen molar-refractivity contribution in [3.05, 3.63) is 12.4 Å². The molecule has 0 spiro atoms. The van der Waals surface area contributed by atoms with Crippen molar-refractivity contribution in [2.24, 2.45) is 11.7 Å². The number of nitrogens with zero attached hydrogens (tertiary/aromatic N) is 3. The topological polar surface area (TPSA) is 81.2 Å². The molecule has 1 fully saturated rings. The first-order chi connectivity index (χ1) is 9.75. The van der Waals surface area contributed by atoms with Gasteiger partial charge in [0.15, 0.2) is 0 Å². The van der Waals surface area contributed by atoms with Gasteiger partial charge < -0.3 is 5.73 Å². The molecule has 2 rings (SSSR count). The number of nitrogens with two attached hydrogens (primary N) is 1. The molecule has 1 aromatic rings. The quantitative estimate of drug-likeness (QED) is 0.887. The van der Waals surface area contributed by atoms with Crippen molar-refractivity contribution in [1.82, 2.24) is 14.1 Å². The Morgan fingerprint density at radius 1 is 1.33 bits per heavy atom. The van der Waals surface area contributed by atoms with Crippen LogP contribution in [0, 0.1) is 5.92 Å². The number of alkyl halides is 3. The minimum absolute atomic E-state index is 0.0126. The largest absolute Gasteiger partial charge is 0.391 e. The van der Waals surface area contributed by atoms with Crippen LogP contribution in [0.5, 0.6) is 0 Å². The zero-order valence-corrected chi connectivity index (χ0v) is 12.1. The molecule has 0 bridgehead atoms. The zero-order valence-electron chi connectivity index (χ0n) is 11.3. The summed E-state index contributed by atoms with van der Waals surface area (Å²) < 4.78 is 64.9. The van der Waals surface area contributed by atoms with Gasteiger partial charge >= 0.3 is 6.18 Å². The molecule has 1 saturated heterocycles. The molecule has 0 radical (unpaired) electrons. The Bertz CT molecular complexity index is 577. The van der Waals surface area contributed by atoms with Crippen LogP contribution in [0.4, 0.5) is 13.2 Å². The van der Waals surface area contributed by atoms with Crippen LogP contribution in [0.15, 0.2) is 17.3 Å². The fraction of sp³-hybridized carbons (Fsp3) is 0.727. The van der Waals surface area contributed by atoms with Gasteiger partial charge in [0.2, 0.25) is 10.0 Å². The van der Waals surface area contributed by atoms with E-state index in [4.69, 9.17) is 5.73 Å². The van der Waals surface area contributed by atoms with Crippen molar-refractivity contribution in [2.45, 2.75) is 30.5 Å².